The van der Waals surface area contributed by atoms with Crippen LogP contribution in [0.1, 0.15) is 22.3 Å². The van der Waals surface area contributed by atoms with Gasteiger partial charge >= 0.3 is 6.03 Å². The van der Waals surface area contributed by atoms with Crippen LogP contribution in [0.4, 0.5) is 16.2 Å². The molecule has 0 unspecified atom stereocenters. The maximum Gasteiger partial charge on any atom is 0.324 e. The number of nitrogens with zero attached hydrogens (tertiary/aromatic N) is 2. The second-order valence-corrected chi connectivity index (χ2v) is 8.00. The summed E-state index contributed by atoms with van der Waals surface area (Å²) in [6.45, 7) is 1.89. The van der Waals surface area contributed by atoms with Gasteiger partial charge in [-0.25, -0.2) is 4.79 Å². The molecule has 0 aliphatic carbocycles. The minimum Gasteiger partial charge on any atom is -0.497 e. The highest BCUT2D eigenvalue weighted by molar-refractivity contribution is 6.30. The molecule has 4 rings (SSSR count). The summed E-state index contributed by atoms with van der Waals surface area (Å²) in [7, 11) is 1.60. The first-order valence-corrected chi connectivity index (χ1v) is 10.8. The molecule has 0 saturated carbocycles. The zero-order valence-corrected chi connectivity index (χ0v) is 18.5. The number of benzene rings is 3. The molecule has 0 atom stereocenters. The number of halogens is 1. The molecule has 0 aromatic heterocycles. The number of rotatable bonds is 6. The van der Waals surface area contributed by atoms with E-state index in [0.29, 0.717) is 35.9 Å². The quantitative estimate of drug-likeness (QED) is 0.545. The van der Waals surface area contributed by atoms with E-state index in [-0.39, 0.29) is 11.9 Å². The van der Waals surface area contributed by atoms with Crippen LogP contribution in [0.5, 0.6) is 5.75 Å². The Morgan fingerprint density at radius 1 is 0.969 bits per heavy atom. The molecule has 164 valence electrons. The first-order valence-electron chi connectivity index (χ1n) is 10.4. The lowest BCUT2D eigenvalue weighted by molar-refractivity contribution is 0.102. The highest BCUT2D eigenvalue weighted by Gasteiger charge is 2.26. The number of methoxy groups -OCH3 is 1. The van der Waals surface area contributed by atoms with Crippen LogP contribution >= 0.6 is 11.6 Å². The zero-order valence-electron chi connectivity index (χ0n) is 17.8. The normalized spacial score (nSPS) is 13.8. The molecule has 0 bridgehead atoms. The third-order valence-corrected chi connectivity index (χ3v) is 5.64. The fraction of sp³-hybridized carbons (Fsp3) is 0.200. The number of hydrogen-bond acceptors (Lipinski definition) is 3. The lowest BCUT2D eigenvalue weighted by Crippen LogP contribution is -2.49. The topological polar surface area (TPSA) is 61.9 Å². The van der Waals surface area contributed by atoms with Gasteiger partial charge in [-0.3, -0.25) is 9.69 Å². The molecule has 0 spiro atoms. The number of anilines is 2. The molecule has 32 heavy (non-hydrogen) atoms. The van der Waals surface area contributed by atoms with Crippen molar-refractivity contribution in [3.8, 4) is 5.75 Å². The summed E-state index contributed by atoms with van der Waals surface area (Å²) in [5.41, 5.74) is 3.02. The van der Waals surface area contributed by atoms with Gasteiger partial charge in [0, 0.05) is 41.6 Å². The Labute approximate surface area is 192 Å². The van der Waals surface area contributed by atoms with E-state index in [2.05, 4.69) is 5.32 Å². The van der Waals surface area contributed by atoms with E-state index < -0.39 is 0 Å². The van der Waals surface area contributed by atoms with Crippen molar-refractivity contribution in [1.29, 1.82) is 0 Å². The van der Waals surface area contributed by atoms with E-state index in [1.54, 1.807) is 48.4 Å². The van der Waals surface area contributed by atoms with E-state index in [9.17, 15) is 9.59 Å². The first kappa shape index (κ1) is 21.7. The third kappa shape index (κ3) is 5.03. The molecule has 7 heteroatoms. The molecule has 1 saturated heterocycles. The van der Waals surface area contributed by atoms with Crippen molar-refractivity contribution in [1.82, 2.24) is 4.90 Å². The van der Waals surface area contributed by atoms with E-state index in [0.717, 1.165) is 23.4 Å². The van der Waals surface area contributed by atoms with Crippen LogP contribution in [0, 0.1) is 0 Å². The van der Waals surface area contributed by atoms with Crippen molar-refractivity contribution in [3.05, 3.63) is 88.9 Å². The van der Waals surface area contributed by atoms with Crippen molar-refractivity contribution < 1.29 is 14.3 Å². The Morgan fingerprint density at radius 3 is 2.31 bits per heavy atom. The number of ether oxygens (including phenoxy) is 1. The number of carbonyl (C=O) groups is 2. The summed E-state index contributed by atoms with van der Waals surface area (Å²) in [4.78, 5) is 29.2. The van der Waals surface area contributed by atoms with Crippen LogP contribution in [0.2, 0.25) is 5.02 Å². The van der Waals surface area contributed by atoms with Crippen molar-refractivity contribution >= 4 is 34.9 Å². The fourth-order valence-corrected chi connectivity index (χ4v) is 3.77. The van der Waals surface area contributed by atoms with Crippen molar-refractivity contribution in [2.45, 2.75) is 13.0 Å². The summed E-state index contributed by atoms with van der Waals surface area (Å²) in [6, 6.07) is 21.7. The molecule has 0 radical (unpaired) electrons. The molecule has 1 aliphatic heterocycles. The SMILES string of the molecule is COc1ccc(NC(=O)c2ccc(N3CCCN(Cc4ccc(Cl)cc4)C3=O)cc2)cc1. The van der Waals surface area contributed by atoms with Crippen LogP contribution in [-0.4, -0.2) is 37.0 Å². The predicted octanol–water partition coefficient (Wildman–Crippen LogP) is 5.43. The lowest BCUT2D eigenvalue weighted by Gasteiger charge is -2.35. The highest BCUT2D eigenvalue weighted by Crippen LogP contribution is 2.23. The molecule has 1 fully saturated rings. The average Bonchev–Trinajstić information content (AvgIpc) is 2.82. The molecule has 6 nitrogen and oxygen atoms in total. The van der Waals surface area contributed by atoms with E-state index in [1.807, 2.05) is 41.3 Å². The van der Waals surface area contributed by atoms with Crippen LogP contribution < -0.4 is 15.0 Å². The summed E-state index contributed by atoms with van der Waals surface area (Å²) in [5.74, 6) is 0.514. The lowest BCUT2D eigenvalue weighted by atomic mass is 10.1. The molecule has 1 N–H and O–H groups in total. The maximum absolute atomic E-state index is 13.0. The minimum absolute atomic E-state index is 0.0402. The van der Waals surface area contributed by atoms with Gasteiger partial charge in [0.25, 0.3) is 5.91 Å². The van der Waals surface area contributed by atoms with Gasteiger partial charge in [0.05, 0.1) is 7.11 Å². The van der Waals surface area contributed by atoms with Gasteiger partial charge in [-0.2, -0.15) is 0 Å². The number of nitrogens with one attached hydrogen (secondary N) is 1. The molecule has 1 heterocycles. The number of amides is 3. The van der Waals surface area contributed by atoms with Crippen molar-refractivity contribution in [2.75, 3.05) is 30.4 Å². The summed E-state index contributed by atoms with van der Waals surface area (Å²) in [5, 5.41) is 3.54. The van der Waals surface area contributed by atoms with Crippen LogP contribution in [-0.2, 0) is 6.54 Å². The highest BCUT2D eigenvalue weighted by atomic mass is 35.5. The Morgan fingerprint density at radius 2 is 1.66 bits per heavy atom. The van der Waals surface area contributed by atoms with Crippen molar-refractivity contribution in [2.24, 2.45) is 0 Å². The molecular weight excluding hydrogens is 426 g/mol. The Hall–Kier alpha value is -3.51. The van der Waals surface area contributed by atoms with Gasteiger partial charge < -0.3 is 15.0 Å². The average molecular weight is 450 g/mol. The van der Waals surface area contributed by atoms with Gasteiger partial charge in [0.1, 0.15) is 5.75 Å². The molecule has 3 aromatic carbocycles. The standard InChI is InChI=1S/C25H24ClN3O3/c1-32-23-13-9-21(10-14-23)27-24(30)19-5-11-22(12-6-19)29-16-2-15-28(25(29)31)17-18-3-7-20(26)8-4-18/h3-14H,2,15-17H2,1H3,(H,27,30). The third-order valence-electron chi connectivity index (χ3n) is 5.39. The molecule has 1 aliphatic rings. The van der Waals surface area contributed by atoms with Gasteiger partial charge in [0.15, 0.2) is 0 Å². The van der Waals surface area contributed by atoms with Crippen LogP contribution in [0.3, 0.4) is 0 Å². The zero-order chi connectivity index (χ0) is 22.5. The summed E-state index contributed by atoms with van der Waals surface area (Å²) >= 11 is 5.96. The second-order valence-electron chi connectivity index (χ2n) is 7.57. The second kappa shape index (κ2) is 9.75. The molecule has 3 amide bonds. The Kier molecular flexibility index (Phi) is 6.61. The summed E-state index contributed by atoms with van der Waals surface area (Å²) < 4.78 is 5.13. The predicted molar refractivity (Wildman–Crippen MR) is 127 cm³/mol. The largest absolute Gasteiger partial charge is 0.497 e. The van der Waals surface area contributed by atoms with Gasteiger partial charge in [-0.15, -0.1) is 0 Å². The van der Waals surface area contributed by atoms with Gasteiger partial charge in [-0.1, -0.05) is 23.7 Å². The van der Waals surface area contributed by atoms with E-state index in [4.69, 9.17) is 16.3 Å². The minimum atomic E-state index is -0.212. The number of carbonyl (C=O) groups excluding carboxylic acids is 2. The van der Waals surface area contributed by atoms with Crippen molar-refractivity contribution in [3.63, 3.8) is 0 Å². The molecular formula is C25H24ClN3O3. The van der Waals surface area contributed by atoms with E-state index in [1.165, 1.54) is 0 Å². The Bertz CT molecular complexity index is 1080. The maximum atomic E-state index is 13.0. The van der Waals surface area contributed by atoms with Crippen LogP contribution in [0.25, 0.3) is 0 Å². The first-order chi connectivity index (χ1) is 15.5. The van der Waals surface area contributed by atoms with Gasteiger partial charge in [0.2, 0.25) is 0 Å². The monoisotopic (exact) mass is 449 g/mol. The fourth-order valence-electron chi connectivity index (χ4n) is 3.65. The van der Waals surface area contributed by atoms with Gasteiger partial charge in [-0.05, 0) is 72.6 Å². The van der Waals surface area contributed by atoms with E-state index >= 15 is 0 Å². The summed E-state index contributed by atoms with van der Waals surface area (Å²) in [6.07, 6.45) is 0.874. The van der Waals surface area contributed by atoms with Crippen LogP contribution in [0.15, 0.2) is 72.8 Å². The number of urea groups is 1. The Balaban J connectivity index is 1.41. The molecule has 3 aromatic rings. The smallest absolute Gasteiger partial charge is 0.324 e. The number of hydrogen-bond donors (Lipinski definition) is 1.